The van der Waals surface area contributed by atoms with Gasteiger partial charge in [-0.15, -0.1) is 0 Å². The van der Waals surface area contributed by atoms with Crippen LogP contribution in [0.5, 0.6) is 0 Å². The van der Waals surface area contributed by atoms with E-state index in [2.05, 4.69) is 4.98 Å². The molecule has 1 aliphatic heterocycles. The molecule has 0 atom stereocenters. The normalized spacial score (nSPS) is 21.5. The Labute approximate surface area is 128 Å². The first-order valence-electron chi connectivity index (χ1n) is 7.79. The van der Waals surface area contributed by atoms with E-state index in [1.807, 2.05) is 0 Å². The highest BCUT2D eigenvalue weighted by molar-refractivity contribution is 5.93. The van der Waals surface area contributed by atoms with Crippen LogP contribution >= 0.6 is 0 Å². The number of carboxylic acids is 1. The van der Waals surface area contributed by atoms with E-state index < -0.39 is 11.9 Å². The van der Waals surface area contributed by atoms with Gasteiger partial charge < -0.3 is 10.0 Å². The number of nitrogens with zero attached hydrogens (tertiary/aromatic N) is 2. The fourth-order valence-corrected chi connectivity index (χ4v) is 2.95. The van der Waals surface area contributed by atoms with Gasteiger partial charge in [0.25, 0.3) is 0 Å². The lowest BCUT2D eigenvalue weighted by molar-refractivity contribution is -0.0102. The summed E-state index contributed by atoms with van der Waals surface area (Å²) in [6.07, 6.45) is 4.87. The van der Waals surface area contributed by atoms with Crippen molar-refractivity contribution in [2.45, 2.75) is 44.4 Å². The smallest absolute Gasteiger partial charge is 0.339 e. The lowest BCUT2D eigenvalue weighted by Gasteiger charge is -2.23. The van der Waals surface area contributed by atoms with Gasteiger partial charge in [0.15, 0.2) is 0 Å². The molecule has 2 fully saturated rings. The maximum absolute atomic E-state index is 13.5. The Bertz CT molecular complexity index is 573. The van der Waals surface area contributed by atoms with Crippen LogP contribution in [0.25, 0.3) is 0 Å². The second-order valence-electron chi connectivity index (χ2n) is 6.36. The quantitative estimate of drug-likeness (QED) is 0.926. The van der Waals surface area contributed by atoms with Gasteiger partial charge in [-0.25, -0.2) is 18.6 Å². The number of carbonyl (C=O) groups is 1. The number of aromatic carboxylic acids is 1. The third-order valence-corrected chi connectivity index (χ3v) is 4.39. The van der Waals surface area contributed by atoms with Gasteiger partial charge in [-0.3, -0.25) is 0 Å². The van der Waals surface area contributed by atoms with Crippen molar-refractivity contribution < 1.29 is 18.7 Å². The first-order chi connectivity index (χ1) is 10.4. The first kappa shape index (κ1) is 15.2. The largest absolute Gasteiger partial charge is 0.478 e. The molecule has 22 heavy (non-hydrogen) atoms. The number of carboxylic acid groups (broad SMARTS) is 1. The van der Waals surface area contributed by atoms with Crippen LogP contribution in [0.1, 0.15) is 48.0 Å². The molecule has 3 rings (SSSR count). The zero-order valence-electron chi connectivity index (χ0n) is 12.4. The molecule has 120 valence electrons. The lowest BCUT2D eigenvalue weighted by atomic mass is 10.1. The highest BCUT2D eigenvalue weighted by Crippen LogP contribution is 2.34. The number of hydrogen-bond acceptors (Lipinski definition) is 3. The molecule has 0 spiro atoms. The predicted molar refractivity (Wildman–Crippen MR) is 78.6 cm³/mol. The van der Waals surface area contributed by atoms with Gasteiger partial charge in [0.1, 0.15) is 11.4 Å². The van der Waals surface area contributed by atoms with Crippen LogP contribution in [0.3, 0.4) is 0 Å². The van der Waals surface area contributed by atoms with E-state index in [1.54, 1.807) is 17.2 Å². The number of halogens is 2. The highest BCUT2D eigenvalue weighted by atomic mass is 19.3. The predicted octanol–water partition coefficient (Wildman–Crippen LogP) is 3.36. The van der Waals surface area contributed by atoms with E-state index >= 15 is 0 Å². The van der Waals surface area contributed by atoms with Crippen LogP contribution in [-0.4, -0.2) is 35.1 Å². The minimum Gasteiger partial charge on any atom is -0.478 e. The summed E-state index contributed by atoms with van der Waals surface area (Å²) in [5.41, 5.74) is 1.05. The number of anilines is 1. The number of hydrogen-bond donors (Lipinski definition) is 1. The van der Waals surface area contributed by atoms with Gasteiger partial charge in [0, 0.05) is 32.1 Å². The summed E-state index contributed by atoms with van der Waals surface area (Å²) in [4.78, 5) is 17.5. The van der Waals surface area contributed by atoms with E-state index in [0.717, 1.165) is 12.0 Å². The minimum absolute atomic E-state index is 0.128. The Morgan fingerprint density at radius 3 is 2.82 bits per heavy atom. The van der Waals surface area contributed by atoms with Gasteiger partial charge in [-0.05, 0) is 43.2 Å². The summed E-state index contributed by atoms with van der Waals surface area (Å²) in [5, 5.41) is 9.43. The van der Waals surface area contributed by atoms with Gasteiger partial charge in [0.2, 0.25) is 5.92 Å². The molecule has 0 amide bonds. The van der Waals surface area contributed by atoms with Crippen molar-refractivity contribution >= 4 is 11.8 Å². The third-order valence-electron chi connectivity index (χ3n) is 4.39. The number of aromatic nitrogens is 1. The van der Waals surface area contributed by atoms with E-state index in [-0.39, 0.29) is 24.9 Å². The van der Waals surface area contributed by atoms with Crippen LogP contribution < -0.4 is 4.90 Å². The van der Waals surface area contributed by atoms with Crippen LogP contribution in [0.2, 0.25) is 0 Å². The van der Waals surface area contributed by atoms with Gasteiger partial charge in [-0.2, -0.15) is 0 Å². The van der Waals surface area contributed by atoms with Crippen LogP contribution in [0, 0.1) is 5.92 Å². The van der Waals surface area contributed by atoms with Crippen molar-refractivity contribution in [3.05, 3.63) is 23.4 Å². The molecule has 1 saturated carbocycles. The van der Waals surface area contributed by atoms with Crippen molar-refractivity contribution in [2.75, 3.05) is 18.0 Å². The number of alkyl halides is 2. The van der Waals surface area contributed by atoms with Crippen molar-refractivity contribution in [3.63, 3.8) is 0 Å². The van der Waals surface area contributed by atoms with Gasteiger partial charge in [0.05, 0.1) is 0 Å². The summed E-state index contributed by atoms with van der Waals surface area (Å²) in [7, 11) is 0. The summed E-state index contributed by atoms with van der Waals surface area (Å²) in [5.74, 6) is -2.74. The van der Waals surface area contributed by atoms with E-state index in [0.29, 0.717) is 24.7 Å². The standard InChI is InChI=1S/C16H20F2N2O2/c17-16(18)4-1-6-20(7-5-16)14-13(15(21)22)9-12(10-19-14)8-11-2-3-11/h9-11H,1-8H2,(H,21,22). The van der Waals surface area contributed by atoms with E-state index in [4.69, 9.17) is 0 Å². The van der Waals surface area contributed by atoms with Gasteiger partial charge in [-0.1, -0.05) is 0 Å². The number of pyridine rings is 1. The summed E-state index contributed by atoms with van der Waals surface area (Å²) in [6, 6.07) is 1.66. The SMILES string of the molecule is O=C(O)c1cc(CC2CC2)cnc1N1CCCC(F)(F)CC1. The molecular formula is C16H20F2N2O2. The first-order valence-corrected chi connectivity index (χ1v) is 7.79. The van der Waals surface area contributed by atoms with Crippen molar-refractivity contribution in [3.8, 4) is 0 Å². The average Bonchev–Trinajstić information content (AvgIpc) is 3.27. The second kappa shape index (κ2) is 5.82. The molecule has 1 aromatic heterocycles. The summed E-state index contributed by atoms with van der Waals surface area (Å²) in [6.45, 7) is 0.563. The monoisotopic (exact) mass is 310 g/mol. The molecule has 0 bridgehead atoms. The zero-order valence-corrected chi connectivity index (χ0v) is 12.4. The Hall–Kier alpha value is -1.72. The third kappa shape index (κ3) is 3.54. The molecule has 2 heterocycles. The Kier molecular flexibility index (Phi) is 4.02. The summed E-state index contributed by atoms with van der Waals surface area (Å²) < 4.78 is 26.9. The number of rotatable bonds is 4. The molecule has 0 unspecified atom stereocenters. The molecule has 6 heteroatoms. The van der Waals surface area contributed by atoms with Crippen LogP contribution in [0.4, 0.5) is 14.6 Å². The van der Waals surface area contributed by atoms with Crippen LogP contribution in [-0.2, 0) is 6.42 Å². The van der Waals surface area contributed by atoms with E-state index in [9.17, 15) is 18.7 Å². The Morgan fingerprint density at radius 1 is 1.36 bits per heavy atom. The molecule has 4 nitrogen and oxygen atoms in total. The van der Waals surface area contributed by atoms with Gasteiger partial charge >= 0.3 is 5.97 Å². The summed E-state index contributed by atoms with van der Waals surface area (Å²) >= 11 is 0. The Morgan fingerprint density at radius 2 is 2.14 bits per heavy atom. The maximum Gasteiger partial charge on any atom is 0.339 e. The lowest BCUT2D eigenvalue weighted by Crippen LogP contribution is -2.28. The fourth-order valence-electron chi connectivity index (χ4n) is 2.95. The molecule has 1 aliphatic carbocycles. The second-order valence-corrected chi connectivity index (χ2v) is 6.36. The van der Waals surface area contributed by atoms with Crippen molar-refractivity contribution in [1.82, 2.24) is 4.98 Å². The molecule has 0 radical (unpaired) electrons. The minimum atomic E-state index is -2.66. The maximum atomic E-state index is 13.5. The molecular weight excluding hydrogens is 290 g/mol. The Balaban J connectivity index is 1.83. The van der Waals surface area contributed by atoms with Crippen molar-refractivity contribution in [1.29, 1.82) is 0 Å². The highest BCUT2D eigenvalue weighted by Gasteiger charge is 2.33. The van der Waals surface area contributed by atoms with Crippen LogP contribution in [0.15, 0.2) is 12.3 Å². The zero-order chi connectivity index (χ0) is 15.7. The molecule has 1 saturated heterocycles. The average molecular weight is 310 g/mol. The van der Waals surface area contributed by atoms with E-state index in [1.165, 1.54) is 12.8 Å². The fraction of sp³-hybridized carbons (Fsp3) is 0.625. The molecule has 1 N–H and O–H groups in total. The topological polar surface area (TPSA) is 53.4 Å². The molecule has 2 aliphatic rings. The van der Waals surface area contributed by atoms with Crippen molar-refractivity contribution in [2.24, 2.45) is 5.92 Å². The molecule has 1 aromatic rings. The molecule has 0 aromatic carbocycles.